The van der Waals surface area contributed by atoms with Crippen molar-refractivity contribution in [2.45, 2.75) is 6.92 Å². The van der Waals surface area contributed by atoms with E-state index in [0.29, 0.717) is 17.3 Å². The third-order valence-corrected chi connectivity index (χ3v) is 2.59. The van der Waals surface area contributed by atoms with Gasteiger partial charge in [0.25, 0.3) is 0 Å². The summed E-state index contributed by atoms with van der Waals surface area (Å²) in [5.74, 6) is 0.139. The molecule has 0 radical (unpaired) electrons. The van der Waals surface area contributed by atoms with Crippen molar-refractivity contribution < 1.29 is 14.6 Å². The molecule has 1 heterocycles. The van der Waals surface area contributed by atoms with E-state index >= 15 is 0 Å². The number of pyridine rings is 1. The molecule has 0 amide bonds. The van der Waals surface area contributed by atoms with Gasteiger partial charge in [0, 0.05) is 12.1 Å². The third-order valence-electron chi connectivity index (χ3n) is 2.59. The Labute approximate surface area is 116 Å². The number of carboxylic acids is 1. The second kappa shape index (κ2) is 5.88. The van der Waals surface area contributed by atoms with E-state index in [0.717, 1.165) is 17.2 Å². The molecule has 0 saturated heterocycles. The molecule has 0 aliphatic heterocycles. The summed E-state index contributed by atoms with van der Waals surface area (Å²) in [6.45, 7) is 1.88. The highest BCUT2D eigenvalue weighted by atomic mass is 16.5. The first-order valence-corrected chi connectivity index (χ1v) is 5.95. The number of hydrogen-bond acceptors (Lipinski definition) is 4. The molecule has 102 valence electrons. The second-order valence-corrected chi connectivity index (χ2v) is 4.23. The second-order valence-electron chi connectivity index (χ2n) is 4.23. The highest BCUT2D eigenvalue weighted by Crippen LogP contribution is 2.25. The number of ether oxygens (including phenoxy) is 1. The Morgan fingerprint density at radius 1 is 1.35 bits per heavy atom. The summed E-state index contributed by atoms with van der Waals surface area (Å²) in [5, 5.41) is 8.59. The Morgan fingerprint density at radius 3 is 2.75 bits per heavy atom. The van der Waals surface area contributed by atoms with E-state index in [1.165, 1.54) is 12.3 Å². The van der Waals surface area contributed by atoms with Gasteiger partial charge in [0.05, 0.1) is 11.9 Å². The molecule has 0 unspecified atom stereocenters. The first kappa shape index (κ1) is 13.6. The molecule has 1 aromatic heterocycles. The third kappa shape index (κ3) is 3.58. The van der Waals surface area contributed by atoms with Gasteiger partial charge in [-0.2, -0.15) is 0 Å². The minimum atomic E-state index is -0.978. The summed E-state index contributed by atoms with van der Waals surface area (Å²) in [6.07, 6.45) is 4.14. The Morgan fingerprint density at radius 2 is 2.15 bits per heavy atom. The van der Waals surface area contributed by atoms with E-state index in [1.807, 2.05) is 13.0 Å². The first-order chi connectivity index (χ1) is 9.54. The number of aryl methyl sites for hydroxylation is 1. The molecule has 0 saturated carbocycles. The molecular weight excluding hydrogens is 256 g/mol. The highest BCUT2D eigenvalue weighted by Gasteiger charge is 2.03. The predicted octanol–water partition coefficient (Wildman–Crippen LogP) is 2.86. The van der Waals surface area contributed by atoms with Crippen molar-refractivity contribution in [2.24, 2.45) is 0 Å². The Balaban J connectivity index is 2.17. The number of rotatable bonds is 4. The van der Waals surface area contributed by atoms with Crippen LogP contribution in [0.5, 0.6) is 11.6 Å². The number of nitrogens with zero attached hydrogens (tertiary/aromatic N) is 1. The number of carboxylic acid groups (broad SMARTS) is 1. The summed E-state index contributed by atoms with van der Waals surface area (Å²) in [6, 6.07) is 8.79. The van der Waals surface area contributed by atoms with Crippen LogP contribution in [-0.4, -0.2) is 16.1 Å². The lowest BCUT2D eigenvalue weighted by molar-refractivity contribution is -0.131. The fourth-order valence-corrected chi connectivity index (χ4v) is 1.62. The van der Waals surface area contributed by atoms with Crippen LogP contribution >= 0.6 is 0 Å². The Kier molecular flexibility index (Phi) is 4.00. The largest absolute Gasteiger partial charge is 0.478 e. The number of nitrogen functional groups attached to an aromatic ring is 1. The van der Waals surface area contributed by atoms with E-state index in [1.54, 1.807) is 24.3 Å². The van der Waals surface area contributed by atoms with Crippen LogP contribution in [-0.2, 0) is 4.79 Å². The fourth-order valence-electron chi connectivity index (χ4n) is 1.62. The van der Waals surface area contributed by atoms with Crippen molar-refractivity contribution in [3.8, 4) is 11.6 Å². The average Bonchev–Trinajstić information content (AvgIpc) is 2.41. The number of carbonyl (C=O) groups is 1. The summed E-state index contributed by atoms with van der Waals surface area (Å²) in [4.78, 5) is 14.5. The summed E-state index contributed by atoms with van der Waals surface area (Å²) < 4.78 is 5.64. The lowest BCUT2D eigenvalue weighted by Crippen LogP contribution is -1.92. The molecule has 3 N–H and O–H groups in total. The van der Waals surface area contributed by atoms with Gasteiger partial charge in [0.15, 0.2) is 0 Å². The van der Waals surface area contributed by atoms with Crippen molar-refractivity contribution in [3.63, 3.8) is 0 Å². The number of nitrogens with two attached hydrogens (primary N) is 1. The van der Waals surface area contributed by atoms with Gasteiger partial charge in [-0.05, 0) is 42.3 Å². The van der Waals surface area contributed by atoms with Crippen LogP contribution in [0.1, 0.15) is 11.1 Å². The normalized spacial score (nSPS) is 10.7. The molecule has 0 aliphatic rings. The molecule has 0 aliphatic carbocycles. The van der Waals surface area contributed by atoms with Crippen molar-refractivity contribution in [1.29, 1.82) is 0 Å². The minimum absolute atomic E-state index is 0.455. The molecule has 1 aromatic carbocycles. The summed E-state index contributed by atoms with van der Waals surface area (Å²) >= 11 is 0. The first-order valence-electron chi connectivity index (χ1n) is 5.95. The summed E-state index contributed by atoms with van der Waals surface area (Å²) in [7, 11) is 0. The van der Waals surface area contributed by atoms with Crippen molar-refractivity contribution in [2.75, 3.05) is 5.73 Å². The Hall–Kier alpha value is -2.82. The zero-order valence-electron chi connectivity index (χ0n) is 10.9. The van der Waals surface area contributed by atoms with Crippen molar-refractivity contribution >= 4 is 17.7 Å². The van der Waals surface area contributed by atoms with E-state index in [9.17, 15) is 4.79 Å². The van der Waals surface area contributed by atoms with E-state index in [-0.39, 0.29) is 0 Å². The van der Waals surface area contributed by atoms with Crippen LogP contribution in [0.2, 0.25) is 0 Å². The minimum Gasteiger partial charge on any atom is -0.478 e. The fraction of sp³-hybridized carbons (Fsp3) is 0.0667. The maximum absolute atomic E-state index is 10.5. The molecule has 0 atom stereocenters. The van der Waals surface area contributed by atoms with Gasteiger partial charge in [-0.25, -0.2) is 9.78 Å². The van der Waals surface area contributed by atoms with Crippen molar-refractivity contribution in [1.82, 2.24) is 4.98 Å². The number of hydrogen-bond donors (Lipinski definition) is 2. The van der Waals surface area contributed by atoms with Crippen LogP contribution < -0.4 is 10.5 Å². The van der Waals surface area contributed by atoms with Gasteiger partial charge in [-0.15, -0.1) is 0 Å². The van der Waals surface area contributed by atoms with Crippen LogP contribution in [0, 0.1) is 6.92 Å². The maximum atomic E-state index is 10.5. The lowest BCUT2D eigenvalue weighted by atomic mass is 10.1. The molecule has 0 bridgehead atoms. The van der Waals surface area contributed by atoms with Gasteiger partial charge >= 0.3 is 5.97 Å². The van der Waals surface area contributed by atoms with Crippen LogP contribution in [0.3, 0.4) is 0 Å². The number of benzene rings is 1. The van der Waals surface area contributed by atoms with Gasteiger partial charge in [-0.3, -0.25) is 0 Å². The molecule has 5 nitrogen and oxygen atoms in total. The average molecular weight is 270 g/mol. The Bertz CT molecular complexity index is 649. The van der Waals surface area contributed by atoms with E-state index < -0.39 is 5.97 Å². The van der Waals surface area contributed by atoms with E-state index in [4.69, 9.17) is 15.6 Å². The van der Waals surface area contributed by atoms with Gasteiger partial charge in [0.2, 0.25) is 5.88 Å². The topological polar surface area (TPSA) is 85.4 Å². The van der Waals surface area contributed by atoms with Gasteiger partial charge in [0.1, 0.15) is 5.75 Å². The molecule has 0 fully saturated rings. The van der Waals surface area contributed by atoms with Gasteiger partial charge < -0.3 is 15.6 Å². The molecular formula is C15H14N2O3. The molecule has 2 rings (SSSR count). The highest BCUT2D eigenvalue weighted by molar-refractivity contribution is 5.85. The number of aromatic nitrogens is 1. The molecule has 2 aromatic rings. The van der Waals surface area contributed by atoms with E-state index in [2.05, 4.69) is 4.98 Å². The van der Waals surface area contributed by atoms with Crippen LogP contribution in [0.25, 0.3) is 6.08 Å². The maximum Gasteiger partial charge on any atom is 0.328 e. The number of anilines is 1. The van der Waals surface area contributed by atoms with Gasteiger partial charge in [-0.1, -0.05) is 6.07 Å². The van der Waals surface area contributed by atoms with Crippen molar-refractivity contribution in [3.05, 3.63) is 53.7 Å². The molecule has 0 spiro atoms. The van der Waals surface area contributed by atoms with Crippen LogP contribution in [0.15, 0.2) is 42.6 Å². The quantitative estimate of drug-likeness (QED) is 0.834. The molecule has 20 heavy (non-hydrogen) atoms. The number of aliphatic carboxylic acids is 1. The standard InChI is InChI=1S/C15H14N2O3/c1-10-8-11(3-7-15(18)19)2-5-13(10)20-14-6-4-12(16)9-17-14/h2-9H,16H2,1H3,(H,18,19). The predicted molar refractivity (Wildman–Crippen MR) is 76.6 cm³/mol. The van der Waals surface area contributed by atoms with Crippen LogP contribution in [0.4, 0.5) is 5.69 Å². The SMILES string of the molecule is Cc1cc(C=CC(=O)O)ccc1Oc1ccc(N)cn1. The zero-order chi connectivity index (χ0) is 14.5. The lowest BCUT2D eigenvalue weighted by Gasteiger charge is -2.08. The summed E-state index contributed by atoms with van der Waals surface area (Å²) in [5.41, 5.74) is 7.81. The zero-order valence-corrected chi connectivity index (χ0v) is 10.9. The smallest absolute Gasteiger partial charge is 0.328 e. The molecule has 5 heteroatoms. The monoisotopic (exact) mass is 270 g/mol.